The number of aryl methyl sites for hydroxylation is 1. The highest BCUT2D eigenvalue weighted by molar-refractivity contribution is 7.10. The molecule has 5 nitrogen and oxygen atoms in total. The Bertz CT molecular complexity index is 1170. The Morgan fingerprint density at radius 2 is 1.96 bits per heavy atom. The lowest BCUT2D eigenvalue weighted by atomic mass is 9.87. The lowest BCUT2D eigenvalue weighted by Gasteiger charge is -2.21. The summed E-state index contributed by atoms with van der Waals surface area (Å²) < 4.78 is 15.0. The van der Waals surface area contributed by atoms with Crippen LogP contribution in [0.25, 0.3) is 16.8 Å². The Kier molecular flexibility index (Phi) is 3.65. The number of rotatable bonds is 2. The molecule has 134 valence electrons. The molecule has 4 aromatic rings. The first-order valence-electron chi connectivity index (χ1n) is 8.69. The zero-order valence-corrected chi connectivity index (χ0v) is 15.3. The van der Waals surface area contributed by atoms with E-state index in [0.29, 0.717) is 24.2 Å². The lowest BCUT2D eigenvalue weighted by Crippen LogP contribution is -2.23. The van der Waals surface area contributed by atoms with Crippen molar-refractivity contribution in [3.05, 3.63) is 69.6 Å². The number of aromatic nitrogens is 4. The molecule has 0 amide bonds. The third kappa shape index (κ3) is 2.57. The molecule has 0 aliphatic heterocycles. The van der Waals surface area contributed by atoms with E-state index in [0.717, 1.165) is 22.5 Å². The minimum absolute atomic E-state index is 0.000496. The summed E-state index contributed by atoms with van der Waals surface area (Å²) in [6.45, 7) is 1.89. The largest absolute Gasteiger partial charge is 0.292 e. The van der Waals surface area contributed by atoms with Crippen molar-refractivity contribution < 1.29 is 9.18 Å². The van der Waals surface area contributed by atoms with Crippen LogP contribution in [-0.4, -0.2) is 25.6 Å². The van der Waals surface area contributed by atoms with E-state index in [2.05, 4.69) is 21.4 Å². The van der Waals surface area contributed by atoms with Crippen LogP contribution in [0.4, 0.5) is 4.39 Å². The molecule has 3 aromatic heterocycles. The van der Waals surface area contributed by atoms with Gasteiger partial charge in [0.05, 0.1) is 17.0 Å². The topological polar surface area (TPSA) is 60.1 Å². The summed E-state index contributed by atoms with van der Waals surface area (Å²) in [6.07, 6.45) is 1.14. The number of benzene rings is 1. The Morgan fingerprint density at radius 3 is 2.70 bits per heavy atom. The van der Waals surface area contributed by atoms with Crippen molar-refractivity contribution in [1.82, 2.24) is 19.8 Å². The Hall–Kier alpha value is -2.93. The van der Waals surface area contributed by atoms with Crippen LogP contribution in [0.2, 0.25) is 0 Å². The number of carbonyl (C=O) groups is 1. The van der Waals surface area contributed by atoms with E-state index in [1.807, 2.05) is 18.4 Å². The van der Waals surface area contributed by atoms with E-state index < -0.39 is 0 Å². The molecule has 0 saturated carbocycles. The van der Waals surface area contributed by atoms with Gasteiger partial charge >= 0.3 is 0 Å². The van der Waals surface area contributed by atoms with Crippen LogP contribution in [0.3, 0.4) is 0 Å². The number of Topliss-reactive ketones (excluding diaryl/α,β-unsaturated/α-hetero) is 1. The van der Waals surface area contributed by atoms with Gasteiger partial charge in [-0.2, -0.15) is 5.10 Å². The molecule has 1 aliphatic rings. The highest BCUT2D eigenvalue weighted by Crippen LogP contribution is 2.35. The molecule has 0 bridgehead atoms. The van der Waals surface area contributed by atoms with E-state index >= 15 is 0 Å². The maximum atomic E-state index is 13.3. The third-order valence-electron chi connectivity index (χ3n) is 5.02. The zero-order chi connectivity index (χ0) is 18.5. The Balaban J connectivity index is 1.69. The first-order chi connectivity index (χ1) is 13.1. The fourth-order valence-corrected chi connectivity index (χ4v) is 4.59. The van der Waals surface area contributed by atoms with E-state index in [9.17, 15) is 9.18 Å². The number of hydrogen-bond donors (Lipinski definition) is 0. The van der Waals surface area contributed by atoms with Gasteiger partial charge in [-0.25, -0.2) is 8.91 Å². The van der Waals surface area contributed by atoms with Crippen LogP contribution < -0.4 is 0 Å². The minimum Gasteiger partial charge on any atom is -0.292 e. The monoisotopic (exact) mass is 378 g/mol. The minimum atomic E-state index is -0.291. The van der Waals surface area contributed by atoms with Gasteiger partial charge in [-0.3, -0.25) is 4.79 Å². The number of fused-ring (bicyclic) bond motifs is 3. The van der Waals surface area contributed by atoms with Crippen LogP contribution >= 0.6 is 11.3 Å². The van der Waals surface area contributed by atoms with Gasteiger partial charge in [0.15, 0.2) is 17.1 Å². The van der Waals surface area contributed by atoms with E-state index in [4.69, 9.17) is 0 Å². The van der Waals surface area contributed by atoms with E-state index in [1.54, 1.807) is 28.0 Å². The summed E-state index contributed by atoms with van der Waals surface area (Å²) >= 11 is 1.66. The van der Waals surface area contributed by atoms with Gasteiger partial charge in [-0.15, -0.1) is 21.5 Å². The first-order valence-corrected chi connectivity index (χ1v) is 9.57. The normalized spacial score (nSPS) is 16.7. The Morgan fingerprint density at radius 1 is 1.15 bits per heavy atom. The molecule has 0 unspecified atom stereocenters. The Labute approximate surface area is 158 Å². The SMILES string of the molecule is Cc1nn2c3c(nnc2c1-c1ccc(F)cc1)C(=O)C[C@H](c1cccs1)C3. The molecule has 27 heavy (non-hydrogen) atoms. The number of halogens is 1. The smallest absolute Gasteiger partial charge is 0.185 e. The standard InChI is InChI=1S/C20H15FN4OS/c1-11-18(12-4-6-14(21)7-5-12)20-23-22-19-15(25(20)24-11)9-13(10-16(19)26)17-3-2-8-27-17/h2-8,13H,9-10H2,1H3/t13-/m1/s1. The lowest BCUT2D eigenvalue weighted by molar-refractivity contribution is 0.0956. The van der Waals surface area contributed by atoms with Gasteiger partial charge in [0.1, 0.15) is 5.82 Å². The fourth-order valence-electron chi connectivity index (χ4n) is 3.76. The van der Waals surface area contributed by atoms with Crippen LogP contribution in [0.5, 0.6) is 0 Å². The quantitative estimate of drug-likeness (QED) is 0.524. The van der Waals surface area contributed by atoms with Crippen LogP contribution in [0.15, 0.2) is 41.8 Å². The van der Waals surface area contributed by atoms with Gasteiger partial charge < -0.3 is 0 Å². The van der Waals surface area contributed by atoms with Gasteiger partial charge in [0.25, 0.3) is 0 Å². The van der Waals surface area contributed by atoms with Crippen molar-refractivity contribution in [3.63, 3.8) is 0 Å². The van der Waals surface area contributed by atoms with Gasteiger partial charge in [0, 0.05) is 23.6 Å². The summed E-state index contributed by atoms with van der Waals surface area (Å²) in [5.74, 6) is -0.155. The molecule has 0 saturated heterocycles. The summed E-state index contributed by atoms with van der Waals surface area (Å²) in [7, 11) is 0. The number of carbonyl (C=O) groups excluding carboxylic acids is 1. The molecule has 0 spiro atoms. The molecule has 3 heterocycles. The number of hydrogen-bond acceptors (Lipinski definition) is 5. The van der Waals surface area contributed by atoms with Crippen LogP contribution in [0, 0.1) is 12.7 Å². The fraction of sp³-hybridized carbons (Fsp3) is 0.200. The van der Waals surface area contributed by atoms with Crippen molar-refractivity contribution in [3.8, 4) is 11.1 Å². The molecule has 0 fully saturated rings. The second kappa shape index (κ2) is 6.06. The molecule has 1 atom stereocenters. The maximum absolute atomic E-state index is 13.3. The van der Waals surface area contributed by atoms with Gasteiger partial charge in [-0.1, -0.05) is 18.2 Å². The van der Waals surface area contributed by atoms with Crippen molar-refractivity contribution in [2.75, 3.05) is 0 Å². The average Bonchev–Trinajstić information content (AvgIpc) is 3.30. The number of nitrogens with zero attached hydrogens (tertiary/aromatic N) is 4. The highest BCUT2D eigenvalue weighted by Gasteiger charge is 2.31. The second-order valence-electron chi connectivity index (χ2n) is 6.74. The molecular formula is C20H15FN4OS. The van der Waals surface area contributed by atoms with Crippen molar-refractivity contribution in [2.24, 2.45) is 0 Å². The summed E-state index contributed by atoms with van der Waals surface area (Å²) in [5, 5.41) is 15.2. The molecule has 7 heteroatoms. The van der Waals surface area contributed by atoms with E-state index in [-0.39, 0.29) is 17.5 Å². The molecule has 5 rings (SSSR count). The van der Waals surface area contributed by atoms with E-state index in [1.165, 1.54) is 17.0 Å². The average molecular weight is 378 g/mol. The third-order valence-corrected chi connectivity index (χ3v) is 6.06. The van der Waals surface area contributed by atoms with Crippen molar-refractivity contribution >= 4 is 22.8 Å². The number of ketones is 1. The molecule has 1 aromatic carbocycles. The first kappa shape index (κ1) is 16.3. The summed E-state index contributed by atoms with van der Waals surface area (Å²) in [4.78, 5) is 13.8. The van der Waals surface area contributed by atoms with Crippen molar-refractivity contribution in [1.29, 1.82) is 0 Å². The molecule has 0 radical (unpaired) electrons. The van der Waals surface area contributed by atoms with Gasteiger partial charge in [0.2, 0.25) is 0 Å². The van der Waals surface area contributed by atoms with Crippen molar-refractivity contribution in [2.45, 2.75) is 25.7 Å². The van der Waals surface area contributed by atoms with Crippen LogP contribution in [0.1, 0.15) is 39.1 Å². The zero-order valence-electron chi connectivity index (χ0n) is 14.5. The molecule has 1 aliphatic carbocycles. The molecule has 0 N–H and O–H groups in total. The second-order valence-corrected chi connectivity index (χ2v) is 7.72. The predicted octanol–water partition coefficient (Wildman–Crippen LogP) is 4.21. The van der Waals surface area contributed by atoms with Crippen LogP contribution in [-0.2, 0) is 6.42 Å². The molecular weight excluding hydrogens is 363 g/mol. The summed E-state index contributed by atoms with van der Waals surface area (Å²) in [5.41, 5.74) is 4.22. The van der Waals surface area contributed by atoms with Gasteiger partial charge in [-0.05, 0) is 36.1 Å². The highest BCUT2D eigenvalue weighted by atomic mass is 32.1. The summed E-state index contributed by atoms with van der Waals surface area (Å²) in [6, 6.07) is 10.3. The predicted molar refractivity (Wildman–Crippen MR) is 101 cm³/mol. The number of thiophene rings is 1. The maximum Gasteiger partial charge on any atom is 0.185 e.